The molecule has 4 heteroatoms. The van der Waals surface area contributed by atoms with Crippen LogP contribution in [0.25, 0.3) is 0 Å². The minimum atomic E-state index is 0.275. The molecule has 1 aliphatic heterocycles. The number of benzene rings is 1. The van der Waals surface area contributed by atoms with Gasteiger partial charge in [-0.1, -0.05) is 12.1 Å². The molecule has 0 bridgehead atoms. The normalized spacial score (nSPS) is 21.1. The average Bonchev–Trinajstić information content (AvgIpc) is 2.89. The number of hydrogen-bond acceptors (Lipinski definition) is 4. The van der Waals surface area contributed by atoms with Crippen LogP contribution in [-0.4, -0.2) is 44.9 Å². The first-order valence-electron chi connectivity index (χ1n) is 7.44. The zero-order valence-corrected chi connectivity index (χ0v) is 12.5. The third kappa shape index (κ3) is 3.72. The van der Waals surface area contributed by atoms with Crippen LogP contribution in [0.15, 0.2) is 24.3 Å². The van der Waals surface area contributed by atoms with Crippen LogP contribution in [0.5, 0.6) is 5.75 Å². The fraction of sp³-hybridized carbons (Fsp3) is 0.625. The van der Waals surface area contributed by atoms with Crippen molar-refractivity contribution in [3.05, 3.63) is 29.8 Å². The maximum Gasteiger partial charge on any atom is 0.119 e. The third-order valence-electron chi connectivity index (χ3n) is 3.94. The van der Waals surface area contributed by atoms with E-state index < -0.39 is 0 Å². The van der Waals surface area contributed by atoms with Crippen molar-refractivity contribution >= 4 is 0 Å². The number of nitrogens with zero attached hydrogens (tertiary/aromatic N) is 1. The molecule has 20 heavy (non-hydrogen) atoms. The minimum Gasteiger partial charge on any atom is -0.494 e. The Hall–Kier alpha value is -1.10. The van der Waals surface area contributed by atoms with Gasteiger partial charge in [0, 0.05) is 26.2 Å². The van der Waals surface area contributed by atoms with Crippen LogP contribution in [0.1, 0.15) is 24.9 Å². The molecule has 1 saturated heterocycles. The van der Waals surface area contributed by atoms with E-state index in [2.05, 4.69) is 17.0 Å². The molecule has 0 amide bonds. The van der Waals surface area contributed by atoms with Gasteiger partial charge < -0.3 is 15.2 Å². The van der Waals surface area contributed by atoms with Gasteiger partial charge in [0.2, 0.25) is 0 Å². The molecule has 4 nitrogen and oxygen atoms in total. The van der Waals surface area contributed by atoms with E-state index in [1.807, 2.05) is 19.1 Å². The zero-order valence-electron chi connectivity index (χ0n) is 12.5. The van der Waals surface area contributed by atoms with E-state index in [1.54, 1.807) is 7.11 Å². The summed E-state index contributed by atoms with van der Waals surface area (Å²) >= 11 is 0. The lowest BCUT2D eigenvalue weighted by atomic mass is 10.1. The fourth-order valence-corrected chi connectivity index (χ4v) is 2.99. The average molecular weight is 278 g/mol. The number of rotatable bonds is 7. The number of likely N-dealkylation sites (tertiary alicyclic amines) is 1. The van der Waals surface area contributed by atoms with E-state index in [0.29, 0.717) is 19.1 Å². The van der Waals surface area contributed by atoms with E-state index in [4.69, 9.17) is 15.2 Å². The third-order valence-corrected chi connectivity index (χ3v) is 3.94. The monoisotopic (exact) mass is 278 g/mol. The lowest BCUT2D eigenvalue weighted by Gasteiger charge is -2.27. The smallest absolute Gasteiger partial charge is 0.119 e. The van der Waals surface area contributed by atoms with Gasteiger partial charge in [-0.15, -0.1) is 0 Å². The van der Waals surface area contributed by atoms with E-state index in [-0.39, 0.29) is 6.04 Å². The van der Waals surface area contributed by atoms with Crippen LogP contribution >= 0.6 is 0 Å². The summed E-state index contributed by atoms with van der Waals surface area (Å²) < 4.78 is 10.9. The summed E-state index contributed by atoms with van der Waals surface area (Å²) in [6, 6.07) is 8.58. The lowest BCUT2D eigenvalue weighted by Crippen LogP contribution is -2.32. The van der Waals surface area contributed by atoms with Crippen molar-refractivity contribution in [3.63, 3.8) is 0 Å². The molecule has 0 aliphatic carbocycles. The highest BCUT2D eigenvalue weighted by Crippen LogP contribution is 2.29. The van der Waals surface area contributed by atoms with Crippen LogP contribution < -0.4 is 10.5 Å². The SMILES string of the molecule is CCOc1cccc(C(CN)N2CCC(COC)C2)c1. The van der Waals surface area contributed by atoms with E-state index in [1.165, 1.54) is 12.0 Å². The van der Waals surface area contributed by atoms with Gasteiger partial charge >= 0.3 is 0 Å². The Labute approximate surface area is 121 Å². The molecule has 1 aliphatic rings. The molecule has 1 aromatic rings. The Bertz CT molecular complexity index is 411. The predicted molar refractivity (Wildman–Crippen MR) is 81.0 cm³/mol. The topological polar surface area (TPSA) is 47.7 Å². The molecule has 2 unspecified atom stereocenters. The first-order chi connectivity index (χ1) is 9.78. The molecule has 1 aromatic carbocycles. The molecule has 2 rings (SSSR count). The Kier molecular flexibility index (Phi) is 5.83. The summed E-state index contributed by atoms with van der Waals surface area (Å²) in [5.41, 5.74) is 7.26. The second kappa shape index (κ2) is 7.62. The molecule has 1 fully saturated rings. The summed E-state index contributed by atoms with van der Waals surface area (Å²) in [6.45, 7) is 6.32. The number of hydrogen-bond donors (Lipinski definition) is 1. The van der Waals surface area contributed by atoms with Crippen molar-refractivity contribution in [2.75, 3.05) is 40.0 Å². The van der Waals surface area contributed by atoms with Gasteiger partial charge in [-0.2, -0.15) is 0 Å². The van der Waals surface area contributed by atoms with Crippen molar-refractivity contribution < 1.29 is 9.47 Å². The van der Waals surface area contributed by atoms with Gasteiger partial charge in [-0.3, -0.25) is 4.90 Å². The van der Waals surface area contributed by atoms with Gasteiger partial charge in [-0.25, -0.2) is 0 Å². The van der Waals surface area contributed by atoms with Crippen molar-refractivity contribution in [3.8, 4) is 5.75 Å². The molecular weight excluding hydrogens is 252 g/mol. The molecule has 0 aromatic heterocycles. The van der Waals surface area contributed by atoms with E-state index >= 15 is 0 Å². The maximum atomic E-state index is 6.01. The first-order valence-corrected chi connectivity index (χ1v) is 7.44. The molecular formula is C16H26N2O2. The van der Waals surface area contributed by atoms with Gasteiger partial charge in [0.1, 0.15) is 5.75 Å². The Morgan fingerprint density at radius 2 is 2.30 bits per heavy atom. The number of nitrogens with two attached hydrogens (primary N) is 1. The van der Waals surface area contributed by atoms with Gasteiger partial charge in [0.05, 0.1) is 13.2 Å². The van der Waals surface area contributed by atoms with Crippen LogP contribution in [0, 0.1) is 5.92 Å². The van der Waals surface area contributed by atoms with Crippen LogP contribution in [-0.2, 0) is 4.74 Å². The van der Waals surface area contributed by atoms with Gasteiger partial charge in [-0.05, 0) is 43.5 Å². The Balaban J connectivity index is 2.06. The van der Waals surface area contributed by atoms with Crippen molar-refractivity contribution in [2.24, 2.45) is 11.7 Å². The summed E-state index contributed by atoms with van der Waals surface area (Å²) in [6.07, 6.45) is 1.19. The highest BCUT2D eigenvalue weighted by atomic mass is 16.5. The van der Waals surface area contributed by atoms with E-state index in [9.17, 15) is 0 Å². The molecule has 112 valence electrons. The van der Waals surface area contributed by atoms with Crippen LogP contribution in [0.2, 0.25) is 0 Å². The van der Waals surface area contributed by atoms with Crippen LogP contribution in [0.4, 0.5) is 0 Å². The molecule has 2 N–H and O–H groups in total. The zero-order chi connectivity index (χ0) is 14.4. The second-order valence-corrected chi connectivity index (χ2v) is 5.36. The fourth-order valence-electron chi connectivity index (χ4n) is 2.99. The van der Waals surface area contributed by atoms with Crippen molar-refractivity contribution in [2.45, 2.75) is 19.4 Å². The molecule has 0 saturated carbocycles. The predicted octanol–water partition coefficient (Wildman–Crippen LogP) is 2.05. The molecule has 2 atom stereocenters. The van der Waals surface area contributed by atoms with Crippen molar-refractivity contribution in [1.82, 2.24) is 4.90 Å². The summed E-state index contributed by atoms with van der Waals surface area (Å²) in [7, 11) is 1.77. The summed E-state index contributed by atoms with van der Waals surface area (Å²) in [4.78, 5) is 2.47. The highest BCUT2D eigenvalue weighted by molar-refractivity contribution is 5.31. The molecule has 1 heterocycles. The Morgan fingerprint density at radius 1 is 1.45 bits per heavy atom. The van der Waals surface area contributed by atoms with Crippen molar-refractivity contribution in [1.29, 1.82) is 0 Å². The molecule has 0 radical (unpaired) electrons. The Morgan fingerprint density at radius 3 is 3.00 bits per heavy atom. The standard InChI is InChI=1S/C16H26N2O2/c1-3-20-15-6-4-5-14(9-15)16(10-17)18-8-7-13(11-18)12-19-2/h4-6,9,13,16H,3,7-8,10-12,17H2,1-2H3. The summed E-state index contributed by atoms with van der Waals surface area (Å²) in [5.74, 6) is 1.56. The van der Waals surface area contributed by atoms with Crippen LogP contribution in [0.3, 0.4) is 0 Å². The summed E-state index contributed by atoms with van der Waals surface area (Å²) in [5, 5.41) is 0. The lowest BCUT2D eigenvalue weighted by molar-refractivity contribution is 0.147. The quantitative estimate of drug-likeness (QED) is 0.829. The van der Waals surface area contributed by atoms with Gasteiger partial charge in [0.15, 0.2) is 0 Å². The minimum absolute atomic E-state index is 0.275. The largest absolute Gasteiger partial charge is 0.494 e. The second-order valence-electron chi connectivity index (χ2n) is 5.36. The molecule has 0 spiro atoms. The highest BCUT2D eigenvalue weighted by Gasteiger charge is 2.28. The first kappa shape index (κ1) is 15.3. The van der Waals surface area contributed by atoms with E-state index in [0.717, 1.165) is 25.4 Å². The van der Waals surface area contributed by atoms with Gasteiger partial charge in [0.25, 0.3) is 0 Å². The number of ether oxygens (including phenoxy) is 2. The number of methoxy groups -OCH3 is 1. The maximum absolute atomic E-state index is 6.01.